The van der Waals surface area contributed by atoms with E-state index in [1.165, 1.54) is 13.3 Å². The van der Waals surface area contributed by atoms with Gasteiger partial charge in [-0.3, -0.25) is 0 Å². The van der Waals surface area contributed by atoms with Gasteiger partial charge < -0.3 is 9.64 Å². The van der Waals surface area contributed by atoms with E-state index in [2.05, 4.69) is 11.6 Å². The number of rotatable bonds is 3. The molecule has 0 saturated heterocycles. The first-order valence-corrected chi connectivity index (χ1v) is 3.68. The van der Waals surface area contributed by atoms with E-state index in [4.69, 9.17) is 4.74 Å². The highest BCUT2D eigenvalue weighted by Crippen LogP contribution is 1.99. The molecule has 0 aliphatic carbocycles. The van der Waals surface area contributed by atoms with Gasteiger partial charge in [-0.1, -0.05) is 6.58 Å². The van der Waals surface area contributed by atoms with Gasteiger partial charge in [-0.2, -0.15) is 0 Å². The van der Waals surface area contributed by atoms with Gasteiger partial charge in [-0.25, -0.2) is 9.38 Å². The molecule has 70 valence electrons. The van der Waals surface area contributed by atoms with Crippen molar-refractivity contribution in [2.75, 3.05) is 20.8 Å². The Morgan fingerprint density at radius 3 is 2.75 bits per heavy atom. The Morgan fingerprint density at radius 1 is 1.83 bits per heavy atom. The summed E-state index contributed by atoms with van der Waals surface area (Å²) in [6, 6.07) is 0.138. The minimum absolute atomic E-state index is 0.233. The number of amidine groups is 1. The Labute approximate surface area is 72.5 Å². The maximum atomic E-state index is 12.2. The lowest BCUT2D eigenvalue weighted by atomic mass is 10.3. The van der Waals surface area contributed by atoms with E-state index in [-0.39, 0.29) is 6.04 Å². The molecule has 0 radical (unpaired) electrons. The van der Waals surface area contributed by atoms with Crippen molar-refractivity contribution < 1.29 is 9.13 Å². The molecule has 3 nitrogen and oxygen atoms in total. The molecule has 12 heavy (non-hydrogen) atoms. The molecule has 0 rings (SSSR count). The highest BCUT2D eigenvalue weighted by molar-refractivity contribution is 5.74. The molecule has 0 bridgehead atoms. The molecule has 0 aliphatic heterocycles. The van der Waals surface area contributed by atoms with Crippen molar-refractivity contribution in [3.63, 3.8) is 0 Å². The third-order valence-corrected chi connectivity index (χ3v) is 1.57. The molecule has 0 spiro atoms. The summed E-state index contributed by atoms with van der Waals surface area (Å²) in [6.45, 7) is 4.74. The first kappa shape index (κ1) is 10.9. The Balaban J connectivity index is 4.30. The van der Waals surface area contributed by atoms with Gasteiger partial charge in [-0.05, 0) is 6.92 Å². The second-order valence-corrected chi connectivity index (χ2v) is 2.41. The lowest BCUT2D eigenvalue weighted by Crippen LogP contribution is -2.37. The minimum Gasteiger partial charge on any atom is -0.468 e. The average molecular weight is 174 g/mol. The molecule has 0 aliphatic rings. The zero-order chi connectivity index (χ0) is 9.56. The van der Waals surface area contributed by atoms with Crippen LogP contribution in [0.5, 0.6) is 0 Å². The molecule has 0 heterocycles. The molecule has 0 fully saturated rings. The SMILES string of the molecule is C=CN=C(OC)N(C)C(C)CF. The predicted molar refractivity (Wildman–Crippen MR) is 47.8 cm³/mol. The molecule has 1 atom stereocenters. The fourth-order valence-corrected chi connectivity index (χ4v) is 0.658. The largest absolute Gasteiger partial charge is 0.468 e. The van der Waals surface area contributed by atoms with Crippen LogP contribution in [0.1, 0.15) is 6.92 Å². The zero-order valence-corrected chi connectivity index (χ0v) is 7.75. The smallest absolute Gasteiger partial charge is 0.291 e. The summed E-state index contributed by atoms with van der Waals surface area (Å²) >= 11 is 0. The van der Waals surface area contributed by atoms with Crippen molar-refractivity contribution in [3.8, 4) is 0 Å². The molecular formula is C8H15FN2O. The van der Waals surface area contributed by atoms with E-state index in [0.717, 1.165) is 0 Å². The molecule has 0 N–H and O–H groups in total. The van der Waals surface area contributed by atoms with Crippen LogP contribution in [-0.4, -0.2) is 37.8 Å². The van der Waals surface area contributed by atoms with Crippen molar-refractivity contribution in [1.29, 1.82) is 0 Å². The van der Waals surface area contributed by atoms with E-state index in [1.807, 2.05) is 0 Å². The van der Waals surface area contributed by atoms with Gasteiger partial charge in [0.2, 0.25) is 0 Å². The Bertz CT molecular complexity index is 170. The van der Waals surface area contributed by atoms with Crippen LogP contribution in [0.2, 0.25) is 0 Å². The highest BCUT2D eigenvalue weighted by Gasteiger charge is 2.12. The van der Waals surface area contributed by atoms with Gasteiger partial charge in [0.1, 0.15) is 6.67 Å². The predicted octanol–water partition coefficient (Wildman–Crippen LogP) is 1.42. The average Bonchev–Trinajstić information content (AvgIpc) is 2.11. The standard InChI is InChI=1S/C8H15FN2O/c1-5-10-8(12-4)11(3)7(2)6-9/h5,7H,1,6H2,2-4H3. The highest BCUT2D eigenvalue weighted by atomic mass is 19.1. The fourth-order valence-electron chi connectivity index (χ4n) is 0.658. The molecule has 1 unspecified atom stereocenters. The van der Waals surface area contributed by atoms with Crippen LogP contribution in [0.3, 0.4) is 0 Å². The van der Waals surface area contributed by atoms with Gasteiger partial charge in [0, 0.05) is 13.2 Å². The number of hydrogen-bond acceptors (Lipinski definition) is 2. The van der Waals surface area contributed by atoms with Crippen LogP contribution >= 0.6 is 0 Å². The van der Waals surface area contributed by atoms with Gasteiger partial charge >= 0.3 is 0 Å². The summed E-state index contributed by atoms with van der Waals surface area (Å²) in [4.78, 5) is 5.44. The van der Waals surface area contributed by atoms with Crippen molar-refractivity contribution >= 4 is 6.02 Å². The minimum atomic E-state index is -0.435. The molecular weight excluding hydrogens is 159 g/mol. The van der Waals surface area contributed by atoms with Crippen LogP contribution in [-0.2, 0) is 4.74 Å². The van der Waals surface area contributed by atoms with E-state index < -0.39 is 6.67 Å². The Hall–Kier alpha value is -1.06. The number of aliphatic imine (C=N–C) groups is 1. The van der Waals surface area contributed by atoms with Crippen LogP contribution < -0.4 is 0 Å². The van der Waals surface area contributed by atoms with Gasteiger partial charge in [0.25, 0.3) is 6.02 Å². The summed E-state index contributed by atoms with van der Waals surface area (Å²) in [6.07, 6.45) is 1.36. The first-order chi connectivity index (χ1) is 5.67. The van der Waals surface area contributed by atoms with Crippen LogP contribution in [0.25, 0.3) is 0 Å². The molecule has 0 aromatic heterocycles. The number of halogens is 1. The van der Waals surface area contributed by atoms with E-state index in [0.29, 0.717) is 6.02 Å². The van der Waals surface area contributed by atoms with E-state index in [9.17, 15) is 4.39 Å². The number of alkyl halides is 1. The summed E-state index contributed by atoms with van der Waals surface area (Å²) in [5.74, 6) is 0. The van der Waals surface area contributed by atoms with Crippen molar-refractivity contribution in [2.45, 2.75) is 13.0 Å². The third-order valence-electron chi connectivity index (χ3n) is 1.57. The molecule has 0 aromatic rings. The Kier molecular flexibility index (Phi) is 5.08. The molecule has 4 heteroatoms. The van der Waals surface area contributed by atoms with Gasteiger partial charge in [0.05, 0.1) is 13.2 Å². The maximum absolute atomic E-state index is 12.2. The van der Waals surface area contributed by atoms with Crippen LogP contribution in [0, 0.1) is 0 Å². The number of nitrogens with zero attached hydrogens (tertiary/aromatic N) is 2. The summed E-state index contributed by atoms with van der Waals surface area (Å²) in [5.41, 5.74) is 0. The molecule has 0 amide bonds. The molecule has 0 aromatic carbocycles. The number of ether oxygens (including phenoxy) is 1. The Morgan fingerprint density at radius 2 is 2.42 bits per heavy atom. The lowest BCUT2D eigenvalue weighted by molar-refractivity contribution is 0.240. The first-order valence-electron chi connectivity index (χ1n) is 3.68. The monoisotopic (exact) mass is 174 g/mol. The molecule has 0 saturated carbocycles. The van der Waals surface area contributed by atoms with Gasteiger partial charge in [0.15, 0.2) is 0 Å². The van der Waals surface area contributed by atoms with Crippen molar-refractivity contribution in [1.82, 2.24) is 4.90 Å². The topological polar surface area (TPSA) is 24.8 Å². The number of methoxy groups -OCH3 is 1. The lowest BCUT2D eigenvalue weighted by Gasteiger charge is -2.23. The van der Waals surface area contributed by atoms with Crippen LogP contribution in [0.4, 0.5) is 4.39 Å². The summed E-state index contributed by atoms with van der Waals surface area (Å²) in [5, 5.41) is 0. The summed E-state index contributed by atoms with van der Waals surface area (Å²) < 4.78 is 17.1. The normalized spacial score (nSPS) is 13.8. The maximum Gasteiger partial charge on any atom is 0.291 e. The zero-order valence-electron chi connectivity index (χ0n) is 7.75. The van der Waals surface area contributed by atoms with Crippen LogP contribution in [0.15, 0.2) is 17.8 Å². The third kappa shape index (κ3) is 2.90. The van der Waals surface area contributed by atoms with Crippen molar-refractivity contribution in [3.05, 3.63) is 12.8 Å². The van der Waals surface area contributed by atoms with Crippen molar-refractivity contribution in [2.24, 2.45) is 4.99 Å². The second kappa shape index (κ2) is 5.57. The summed E-state index contributed by atoms with van der Waals surface area (Å²) in [7, 11) is 3.21. The van der Waals surface area contributed by atoms with E-state index in [1.54, 1.807) is 18.9 Å². The fraction of sp³-hybridized carbons (Fsp3) is 0.625. The number of hydrogen-bond donors (Lipinski definition) is 0. The quantitative estimate of drug-likeness (QED) is 0.477. The second-order valence-electron chi connectivity index (χ2n) is 2.41. The van der Waals surface area contributed by atoms with Gasteiger partial charge in [-0.15, -0.1) is 0 Å². The van der Waals surface area contributed by atoms with E-state index >= 15 is 0 Å².